The summed E-state index contributed by atoms with van der Waals surface area (Å²) in [5.41, 5.74) is 2.91. The maximum atomic E-state index is 10.8. The molecule has 6 nitrogen and oxygen atoms in total. The van der Waals surface area contributed by atoms with Crippen LogP contribution in [-0.4, -0.2) is 15.1 Å². The molecule has 3 aromatic rings. The summed E-state index contributed by atoms with van der Waals surface area (Å²) in [5.74, 6) is 0.997. The quantitative estimate of drug-likeness (QED) is 0.396. The summed E-state index contributed by atoms with van der Waals surface area (Å²) in [5, 5.41) is 19.2. The van der Waals surface area contributed by atoms with Crippen molar-refractivity contribution in [1.29, 1.82) is 0 Å². The second kappa shape index (κ2) is 6.62. The molecule has 0 aliphatic carbocycles. The van der Waals surface area contributed by atoms with E-state index < -0.39 is 4.92 Å². The number of nitro benzene ring substituents is 1. The first-order valence-corrected chi connectivity index (χ1v) is 7.87. The van der Waals surface area contributed by atoms with E-state index in [2.05, 4.69) is 34.5 Å². The van der Waals surface area contributed by atoms with E-state index in [4.69, 9.17) is 4.42 Å². The molecule has 0 bridgehead atoms. The summed E-state index contributed by atoms with van der Waals surface area (Å²) in [6.07, 6.45) is 0. The minimum Gasteiger partial charge on any atom is -0.411 e. The number of thioether (sulfide) groups is 1. The standard InChI is InChI=1S/C16H13N3O3S/c1-11-5-7-12(8-6-11)10-23-16-18-17-15(22-16)13-3-2-4-14(9-13)19(20)21/h2-9H,10H2,1H3. The number of hydrogen-bond donors (Lipinski definition) is 0. The Bertz CT molecular complexity index is 831. The maximum Gasteiger partial charge on any atom is 0.277 e. The van der Waals surface area contributed by atoms with E-state index in [1.54, 1.807) is 12.1 Å². The van der Waals surface area contributed by atoms with Gasteiger partial charge in [0, 0.05) is 23.4 Å². The number of aryl methyl sites for hydroxylation is 1. The summed E-state index contributed by atoms with van der Waals surface area (Å²) < 4.78 is 5.57. The van der Waals surface area contributed by atoms with Crippen LogP contribution in [-0.2, 0) is 5.75 Å². The smallest absolute Gasteiger partial charge is 0.277 e. The van der Waals surface area contributed by atoms with Gasteiger partial charge in [-0.25, -0.2) is 0 Å². The van der Waals surface area contributed by atoms with E-state index in [-0.39, 0.29) is 11.6 Å². The molecule has 0 aliphatic rings. The Balaban J connectivity index is 1.71. The van der Waals surface area contributed by atoms with Crippen LogP contribution >= 0.6 is 11.8 Å². The predicted molar refractivity (Wildman–Crippen MR) is 87.1 cm³/mol. The van der Waals surface area contributed by atoms with Crippen LogP contribution in [0.1, 0.15) is 11.1 Å². The van der Waals surface area contributed by atoms with Crippen molar-refractivity contribution in [2.45, 2.75) is 17.9 Å². The SMILES string of the molecule is Cc1ccc(CSc2nnc(-c3cccc([N+](=O)[O-])c3)o2)cc1. The Morgan fingerprint density at radius 2 is 1.96 bits per heavy atom. The molecule has 116 valence electrons. The third kappa shape index (κ3) is 3.75. The summed E-state index contributed by atoms with van der Waals surface area (Å²) in [7, 11) is 0. The highest BCUT2D eigenvalue weighted by molar-refractivity contribution is 7.98. The Hall–Kier alpha value is -2.67. The van der Waals surface area contributed by atoms with Gasteiger partial charge < -0.3 is 4.42 Å². The number of nitrogens with zero attached hydrogens (tertiary/aromatic N) is 3. The number of nitro groups is 1. The Morgan fingerprint density at radius 3 is 2.70 bits per heavy atom. The van der Waals surface area contributed by atoms with Crippen molar-refractivity contribution in [3.63, 3.8) is 0 Å². The second-order valence-corrected chi connectivity index (χ2v) is 5.88. The normalized spacial score (nSPS) is 10.7. The Kier molecular flexibility index (Phi) is 4.38. The van der Waals surface area contributed by atoms with E-state index in [1.807, 2.05) is 6.92 Å². The zero-order valence-electron chi connectivity index (χ0n) is 12.3. The first-order chi connectivity index (χ1) is 11.1. The molecule has 1 heterocycles. The third-order valence-corrected chi connectivity index (χ3v) is 4.08. The van der Waals surface area contributed by atoms with Crippen molar-refractivity contribution < 1.29 is 9.34 Å². The average molecular weight is 327 g/mol. The molecule has 0 spiro atoms. The van der Waals surface area contributed by atoms with Crippen molar-refractivity contribution in [2.24, 2.45) is 0 Å². The van der Waals surface area contributed by atoms with Crippen LogP contribution in [0.15, 0.2) is 58.2 Å². The Labute approximate surface area is 136 Å². The van der Waals surface area contributed by atoms with Gasteiger partial charge in [-0.2, -0.15) is 0 Å². The minimum atomic E-state index is -0.451. The lowest BCUT2D eigenvalue weighted by molar-refractivity contribution is -0.384. The van der Waals surface area contributed by atoms with Gasteiger partial charge in [0.05, 0.1) is 4.92 Å². The van der Waals surface area contributed by atoms with Gasteiger partial charge in [0.15, 0.2) is 0 Å². The van der Waals surface area contributed by atoms with Crippen molar-refractivity contribution in [2.75, 3.05) is 0 Å². The highest BCUT2D eigenvalue weighted by atomic mass is 32.2. The summed E-state index contributed by atoms with van der Waals surface area (Å²) >= 11 is 1.43. The fourth-order valence-corrected chi connectivity index (χ4v) is 2.69. The van der Waals surface area contributed by atoms with Crippen LogP contribution in [0.2, 0.25) is 0 Å². The molecule has 0 unspecified atom stereocenters. The van der Waals surface area contributed by atoms with Crippen molar-refractivity contribution in [1.82, 2.24) is 10.2 Å². The number of non-ortho nitro benzene ring substituents is 1. The molecular formula is C16H13N3O3S. The van der Waals surface area contributed by atoms with Gasteiger partial charge in [0.1, 0.15) is 0 Å². The second-order valence-electron chi connectivity index (χ2n) is 4.95. The fourth-order valence-electron chi connectivity index (χ4n) is 1.97. The first-order valence-electron chi connectivity index (χ1n) is 6.88. The summed E-state index contributed by atoms with van der Waals surface area (Å²) in [6.45, 7) is 2.04. The van der Waals surface area contributed by atoms with Gasteiger partial charge in [0.25, 0.3) is 10.9 Å². The lowest BCUT2D eigenvalue weighted by Gasteiger charge is -1.99. The van der Waals surface area contributed by atoms with Crippen LogP contribution in [0, 0.1) is 17.0 Å². The molecule has 0 N–H and O–H groups in total. The third-order valence-electron chi connectivity index (χ3n) is 3.19. The fraction of sp³-hybridized carbons (Fsp3) is 0.125. The average Bonchev–Trinajstić information content (AvgIpc) is 3.03. The van der Waals surface area contributed by atoms with Gasteiger partial charge in [-0.3, -0.25) is 10.1 Å². The molecule has 0 saturated carbocycles. The molecule has 0 amide bonds. The monoisotopic (exact) mass is 327 g/mol. The number of rotatable bonds is 5. The van der Waals surface area contributed by atoms with Gasteiger partial charge in [-0.1, -0.05) is 47.7 Å². The van der Waals surface area contributed by atoms with Crippen molar-refractivity contribution in [3.05, 3.63) is 69.8 Å². The highest BCUT2D eigenvalue weighted by Crippen LogP contribution is 2.27. The number of benzene rings is 2. The summed E-state index contributed by atoms with van der Waals surface area (Å²) in [6, 6.07) is 14.4. The predicted octanol–water partition coefficient (Wildman–Crippen LogP) is 4.25. The van der Waals surface area contributed by atoms with Crippen molar-refractivity contribution >= 4 is 17.4 Å². The van der Waals surface area contributed by atoms with E-state index in [0.717, 1.165) is 11.3 Å². The van der Waals surface area contributed by atoms with Crippen LogP contribution in [0.5, 0.6) is 0 Å². The number of aromatic nitrogens is 2. The van der Waals surface area contributed by atoms with E-state index >= 15 is 0 Å². The van der Waals surface area contributed by atoms with Crippen LogP contribution in [0.25, 0.3) is 11.5 Å². The van der Waals surface area contributed by atoms with Gasteiger partial charge >= 0.3 is 0 Å². The molecule has 0 atom stereocenters. The maximum absolute atomic E-state index is 10.8. The zero-order valence-corrected chi connectivity index (χ0v) is 13.1. The van der Waals surface area contributed by atoms with E-state index in [1.165, 1.54) is 29.5 Å². The van der Waals surface area contributed by atoms with Crippen LogP contribution in [0.3, 0.4) is 0 Å². The molecule has 0 radical (unpaired) electrons. The van der Waals surface area contributed by atoms with Crippen LogP contribution < -0.4 is 0 Å². The lowest BCUT2D eigenvalue weighted by atomic mass is 10.2. The summed E-state index contributed by atoms with van der Waals surface area (Å²) in [4.78, 5) is 10.4. The molecule has 2 aromatic carbocycles. The molecule has 0 saturated heterocycles. The molecular weight excluding hydrogens is 314 g/mol. The molecule has 3 rings (SSSR count). The minimum absolute atomic E-state index is 0.00504. The van der Waals surface area contributed by atoms with E-state index in [9.17, 15) is 10.1 Å². The highest BCUT2D eigenvalue weighted by Gasteiger charge is 2.13. The topological polar surface area (TPSA) is 82.1 Å². The Morgan fingerprint density at radius 1 is 1.17 bits per heavy atom. The van der Waals surface area contributed by atoms with E-state index in [0.29, 0.717) is 10.8 Å². The van der Waals surface area contributed by atoms with Gasteiger partial charge in [-0.15, -0.1) is 10.2 Å². The van der Waals surface area contributed by atoms with Gasteiger partial charge in [-0.05, 0) is 18.6 Å². The molecule has 23 heavy (non-hydrogen) atoms. The first kappa shape index (κ1) is 15.2. The molecule has 0 fully saturated rings. The molecule has 0 aliphatic heterocycles. The number of hydrogen-bond acceptors (Lipinski definition) is 6. The van der Waals surface area contributed by atoms with Gasteiger partial charge in [0.2, 0.25) is 5.89 Å². The molecule has 7 heteroatoms. The molecule has 1 aromatic heterocycles. The zero-order chi connectivity index (χ0) is 16.2. The lowest BCUT2D eigenvalue weighted by Crippen LogP contribution is -1.88. The van der Waals surface area contributed by atoms with Crippen LogP contribution in [0.4, 0.5) is 5.69 Å². The van der Waals surface area contributed by atoms with Crippen molar-refractivity contribution in [3.8, 4) is 11.5 Å². The largest absolute Gasteiger partial charge is 0.411 e.